The number of likely N-dealkylation sites (tertiary alicyclic amines) is 1. The van der Waals surface area contributed by atoms with E-state index in [-0.39, 0.29) is 12.4 Å². The molecule has 2 aromatic heterocycles. The lowest BCUT2D eigenvalue weighted by atomic mass is 10.0. The maximum absolute atomic E-state index is 2.45. The van der Waals surface area contributed by atoms with Gasteiger partial charge < -0.3 is 17.3 Å². The number of quaternary nitrogens is 1. The largest absolute Gasteiger partial charge is 1.00 e. The first kappa shape index (κ1) is 17.7. The highest BCUT2D eigenvalue weighted by Crippen LogP contribution is 2.27. The maximum Gasteiger partial charge on any atom is 0.0773 e. The van der Waals surface area contributed by atoms with E-state index >= 15 is 0 Å². The third-order valence-electron chi connectivity index (χ3n) is 4.31. The fraction of sp³-hybridized carbons (Fsp3) is 0.444. The molecule has 0 amide bonds. The van der Waals surface area contributed by atoms with E-state index in [0.717, 1.165) is 0 Å². The predicted molar refractivity (Wildman–Crippen MR) is 94.4 cm³/mol. The molecule has 1 aliphatic heterocycles. The summed E-state index contributed by atoms with van der Waals surface area (Å²) in [5.74, 6) is 0. The van der Waals surface area contributed by atoms with Gasteiger partial charge in [0.05, 0.1) is 19.6 Å². The average Bonchev–Trinajstić information content (AvgIpc) is 3.22. The SMILES string of the molecule is C(CCC[NH+]1CCCCC1)=C(c1ccsc1)c1ccsc1.[Cl-]. The van der Waals surface area contributed by atoms with Crippen LogP contribution >= 0.6 is 22.7 Å². The summed E-state index contributed by atoms with van der Waals surface area (Å²) < 4.78 is 0. The molecule has 0 saturated carbocycles. The van der Waals surface area contributed by atoms with E-state index in [9.17, 15) is 0 Å². The molecule has 0 aromatic carbocycles. The molecule has 0 unspecified atom stereocenters. The highest BCUT2D eigenvalue weighted by Gasteiger charge is 2.12. The second-order valence-corrected chi connectivity index (χ2v) is 7.40. The van der Waals surface area contributed by atoms with Crippen LogP contribution < -0.4 is 17.3 Å². The van der Waals surface area contributed by atoms with E-state index in [2.05, 4.69) is 39.7 Å². The fourth-order valence-electron chi connectivity index (χ4n) is 3.14. The van der Waals surface area contributed by atoms with Gasteiger partial charge in [0.25, 0.3) is 0 Å². The number of thiophene rings is 2. The Balaban J connectivity index is 0.00000176. The predicted octanol–water partition coefficient (Wildman–Crippen LogP) is 1.09. The van der Waals surface area contributed by atoms with Crippen LogP contribution in [-0.4, -0.2) is 19.6 Å². The number of nitrogens with one attached hydrogen (secondary N) is 1. The van der Waals surface area contributed by atoms with Crippen LogP contribution in [0.5, 0.6) is 0 Å². The first-order valence-corrected chi connectivity index (χ1v) is 9.91. The van der Waals surface area contributed by atoms with Gasteiger partial charge in [0.15, 0.2) is 0 Å². The maximum atomic E-state index is 2.45. The van der Waals surface area contributed by atoms with Crippen molar-refractivity contribution in [3.63, 3.8) is 0 Å². The lowest BCUT2D eigenvalue weighted by Crippen LogP contribution is -3.12. The fourth-order valence-corrected chi connectivity index (χ4v) is 4.45. The van der Waals surface area contributed by atoms with Crippen molar-refractivity contribution < 1.29 is 17.3 Å². The minimum atomic E-state index is 0. The number of halogens is 1. The number of rotatable bonds is 6. The Labute approximate surface area is 148 Å². The van der Waals surface area contributed by atoms with E-state index in [1.807, 2.05) is 4.90 Å². The summed E-state index contributed by atoms with van der Waals surface area (Å²) >= 11 is 3.57. The molecule has 0 bridgehead atoms. The highest BCUT2D eigenvalue weighted by atomic mass is 35.5. The van der Waals surface area contributed by atoms with Gasteiger partial charge in [-0.2, -0.15) is 22.7 Å². The summed E-state index contributed by atoms with van der Waals surface area (Å²) in [6.45, 7) is 4.13. The molecule has 4 heteroatoms. The Kier molecular flexibility index (Phi) is 7.67. The molecule has 1 saturated heterocycles. The molecule has 3 rings (SSSR count). The number of piperidine rings is 1. The smallest absolute Gasteiger partial charge is 0.0773 e. The van der Waals surface area contributed by atoms with Crippen molar-refractivity contribution in [3.05, 3.63) is 50.9 Å². The number of hydrogen-bond acceptors (Lipinski definition) is 2. The molecule has 1 nitrogen and oxygen atoms in total. The Bertz CT molecular complexity index is 503. The third kappa shape index (κ3) is 4.95. The number of hydrogen-bond donors (Lipinski definition) is 1. The Morgan fingerprint density at radius 3 is 2.18 bits per heavy atom. The van der Waals surface area contributed by atoms with Crippen LogP contribution in [0.3, 0.4) is 0 Å². The Morgan fingerprint density at radius 2 is 1.64 bits per heavy atom. The van der Waals surface area contributed by atoms with Crippen LogP contribution in [0.15, 0.2) is 39.7 Å². The van der Waals surface area contributed by atoms with Crippen LogP contribution in [-0.2, 0) is 0 Å². The second-order valence-electron chi connectivity index (χ2n) is 5.84. The quantitative estimate of drug-likeness (QED) is 0.742. The van der Waals surface area contributed by atoms with Gasteiger partial charge in [0, 0.05) is 0 Å². The van der Waals surface area contributed by atoms with E-state index < -0.39 is 0 Å². The Hall–Kier alpha value is -0.610. The second kappa shape index (κ2) is 9.51. The summed E-state index contributed by atoms with van der Waals surface area (Å²) in [6, 6.07) is 4.48. The monoisotopic (exact) mass is 353 g/mol. The van der Waals surface area contributed by atoms with Crippen molar-refractivity contribution in [2.24, 2.45) is 0 Å². The molecule has 2 aromatic rings. The van der Waals surface area contributed by atoms with Crippen molar-refractivity contribution in [2.75, 3.05) is 19.6 Å². The third-order valence-corrected chi connectivity index (χ3v) is 5.67. The first-order chi connectivity index (χ1) is 10.4. The van der Waals surface area contributed by atoms with E-state index in [1.54, 1.807) is 22.7 Å². The molecule has 120 valence electrons. The van der Waals surface area contributed by atoms with Gasteiger partial charge in [-0.15, -0.1) is 0 Å². The summed E-state index contributed by atoms with van der Waals surface area (Å²) in [7, 11) is 0. The van der Waals surface area contributed by atoms with Crippen molar-refractivity contribution in [1.29, 1.82) is 0 Å². The zero-order valence-electron chi connectivity index (χ0n) is 12.9. The first-order valence-electron chi connectivity index (χ1n) is 8.02. The standard InChI is InChI=1S/C18H23NS2.ClH/c1-3-9-19(10-4-1)11-5-2-6-18(16-7-12-20-14-16)17-8-13-21-15-17;/h6-8,12-15H,1-5,9-11H2;1H. The molecule has 3 heterocycles. The summed E-state index contributed by atoms with van der Waals surface area (Å²) in [4.78, 5) is 1.82. The molecule has 1 N–H and O–H groups in total. The van der Waals surface area contributed by atoms with Gasteiger partial charge >= 0.3 is 0 Å². The molecular weight excluding hydrogens is 330 g/mol. The topological polar surface area (TPSA) is 4.44 Å². The zero-order chi connectivity index (χ0) is 14.3. The molecule has 1 aliphatic rings. The van der Waals surface area contributed by atoms with Crippen molar-refractivity contribution in [2.45, 2.75) is 32.1 Å². The average molecular weight is 354 g/mol. The van der Waals surface area contributed by atoms with Crippen molar-refractivity contribution in [3.8, 4) is 0 Å². The Morgan fingerprint density at radius 1 is 1.00 bits per heavy atom. The molecule has 1 fully saturated rings. The van der Waals surface area contributed by atoms with Crippen LogP contribution in [0.1, 0.15) is 43.2 Å². The normalized spacial score (nSPS) is 15.3. The van der Waals surface area contributed by atoms with Gasteiger partial charge in [-0.05, 0) is 82.5 Å². The molecular formula is C18H24ClNS2. The molecule has 0 radical (unpaired) electrons. The van der Waals surface area contributed by atoms with E-state index in [4.69, 9.17) is 0 Å². The summed E-state index contributed by atoms with van der Waals surface area (Å²) in [5, 5.41) is 8.87. The van der Waals surface area contributed by atoms with Crippen LogP contribution in [0.4, 0.5) is 0 Å². The number of unbranched alkanes of at least 4 members (excludes halogenated alkanes) is 1. The lowest BCUT2D eigenvalue weighted by molar-refractivity contribution is -0.905. The van der Waals surface area contributed by atoms with E-state index in [0.29, 0.717) is 0 Å². The minimum Gasteiger partial charge on any atom is -1.00 e. The molecule has 0 aliphatic carbocycles. The van der Waals surface area contributed by atoms with Gasteiger partial charge in [-0.25, -0.2) is 0 Å². The van der Waals surface area contributed by atoms with Gasteiger partial charge in [0.1, 0.15) is 0 Å². The summed E-state index contributed by atoms with van der Waals surface area (Å²) in [6.07, 6.45) is 9.27. The molecule has 0 atom stereocenters. The van der Waals surface area contributed by atoms with Crippen LogP contribution in [0.25, 0.3) is 5.57 Å². The minimum absolute atomic E-state index is 0. The van der Waals surface area contributed by atoms with Crippen LogP contribution in [0, 0.1) is 0 Å². The van der Waals surface area contributed by atoms with Gasteiger partial charge in [0.2, 0.25) is 0 Å². The van der Waals surface area contributed by atoms with Crippen molar-refractivity contribution >= 4 is 28.2 Å². The highest BCUT2D eigenvalue weighted by molar-refractivity contribution is 7.08. The van der Waals surface area contributed by atoms with E-state index in [1.165, 1.54) is 68.4 Å². The molecule has 22 heavy (non-hydrogen) atoms. The van der Waals surface area contributed by atoms with Gasteiger partial charge in [-0.3, -0.25) is 0 Å². The zero-order valence-corrected chi connectivity index (χ0v) is 15.3. The summed E-state index contributed by atoms with van der Waals surface area (Å²) in [5.41, 5.74) is 4.18. The van der Waals surface area contributed by atoms with Crippen molar-refractivity contribution in [1.82, 2.24) is 0 Å². The van der Waals surface area contributed by atoms with Gasteiger partial charge in [-0.1, -0.05) is 6.08 Å². The lowest BCUT2D eigenvalue weighted by Gasteiger charge is -2.23. The molecule has 0 spiro atoms. The number of allylic oxidation sites excluding steroid dienone is 1. The van der Waals surface area contributed by atoms with Crippen LogP contribution in [0.2, 0.25) is 0 Å².